The number of aromatic nitrogens is 1. The number of nitrogens with zero attached hydrogens (tertiary/aromatic N) is 2. The second kappa shape index (κ2) is 5.99. The summed E-state index contributed by atoms with van der Waals surface area (Å²) in [5, 5.41) is 0.945. The van der Waals surface area contributed by atoms with Crippen LogP contribution in [0.5, 0.6) is 0 Å². The molecule has 1 amide bonds. The molecule has 5 heteroatoms. The molecule has 1 saturated carbocycles. The number of carbonyl (C=O) groups excluding carboxylic acids is 1. The van der Waals surface area contributed by atoms with Gasteiger partial charge >= 0.3 is 0 Å². The third kappa shape index (κ3) is 2.93. The van der Waals surface area contributed by atoms with E-state index in [0.717, 1.165) is 54.3 Å². The molecule has 3 fully saturated rings. The highest BCUT2D eigenvalue weighted by molar-refractivity contribution is 8.01. The molecule has 3 aliphatic rings. The van der Waals surface area contributed by atoms with Crippen LogP contribution in [-0.2, 0) is 4.74 Å². The number of thioether (sulfide) groups is 1. The largest absolute Gasteiger partial charge is 0.377 e. The van der Waals surface area contributed by atoms with Crippen LogP contribution < -0.4 is 0 Å². The van der Waals surface area contributed by atoms with E-state index in [4.69, 9.17) is 4.74 Å². The number of likely N-dealkylation sites (tertiary alicyclic amines) is 1. The Morgan fingerprint density at radius 2 is 2.12 bits per heavy atom. The van der Waals surface area contributed by atoms with Crippen molar-refractivity contribution in [3.05, 3.63) is 42.1 Å². The standard InChI is InChI=1S/C20H22N2O2S/c23-19(17-7-8-21-18-4-2-1-3-16(17)18)22-12-20(13-22)9-15(11-25-20)24-10-14-5-6-14/h1-4,7-8,14-15H,5-6,9-13H2/t15-/m0/s1. The van der Waals surface area contributed by atoms with E-state index in [1.54, 1.807) is 6.20 Å². The molecule has 0 bridgehead atoms. The first kappa shape index (κ1) is 15.6. The Balaban J connectivity index is 1.25. The molecule has 4 nitrogen and oxygen atoms in total. The lowest BCUT2D eigenvalue weighted by Crippen LogP contribution is -2.60. The third-order valence-corrected chi connectivity index (χ3v) is 7.14. The summed E-state index contributed by atoms with van der Waals surface area (Å²) in [5.41, 5.74) is 1.65. The highest BCUT2D eigenvalue weighted by Crippen LogP contribution is 2.47. The molecule has 130 valence electrons. The molecule has 0 N–H and O–H groups in total. The summed E-state index contributed by atoms with van der Waals surface area (Å²) in [6.07, 6.45) is 5.88. The molecule has 1 aromatic carbocycles. The van der Waals surface area contributed by atoms with Crippen molar-refractivity contribution in [2.75, 3.05) is 25.4 Å². The summed E-state index contributed by atoms with van der Waals surface area (Å²) >= 11 is 2.00. The van der Waals surface area contributed by atoms with Crippen LogP contribution in [0.1, 0.15) is 29.6 Å². The molecule has 25 heavy (non-hydrogen) atoms. The number of hydrogen-bond donors (Lipinski definition) is 0. The van der Waals surface area contributed by atoms with E-state index in [-0.39, 0.29) is 10.7 Å². The lowest BCUT2D eigenvalue weighted by Gasteiger charge is -2.47. The fourth-order valence-electron chi connectivity index (χ4n) is 3.93. The number of hydrogen-bond acceptors (Lipinski definition) is 4. The average molecular weight is 354 g/mol. The van der Waals surface area contributed by atoms with Gasteiger partial charge in [-0.05, 0) is 37.3 Å². The molecule has 2 aliphatic heterocycles. The Hall–Kier alpha value is -1.59. The van der Waals surface area contributed by atoms with Crippen LogP contribution in [0.2, 0.25) is 0 Å². The van der Waals surface area contributed by atoms with Crippen molar-refractivity contribution in [2.45, 2.75) is 30.1 Å². The van der Waals surface area contributed by atoms with E-state index >= 15 is 0 Å². The van der Waals surface area contributed by atoms with Gasteiger partial charge < -0.3 is 9.64 Å². The first-order valence-electron chi connectivity index (χ1n) is 9.11. The van der Waals surface area contributed by atoms with Gasteiger partial charge in [0.05, 0.1) is 21.9 Å². The smallest absolute Gasteiger partial charge is 0.254 e. The van der Waals surface area contributed by atoms with E-state index in [1.165, 1.54) is 12.8 Å². The third-order valence-electron chi connectivity index (χ3n) is 5.56. The second-order valence-corrected chi connectivity index (χ2v) is 9.12. The fraction of sp³-hybridized carbons (Fsp3) is 0.500. The van der Waals surface area contributed by atoms with Gasteiger partial charge in [-0.2, -0.15) is 0 Å². The molecule has 2 aromatic rings. The summed E-state index contributed by atoms with van der Waals surface area (Å²) in [7, 11) is 0. The fourth-order valence-corrected chi connectivity index (χ4v) is 5.48. The maximum atomic E-state index is 12.9. The lowest BCUT2D eigenvalue weighted by molar-refractivity contribution is 0.0287. The van der Waals surface area contributed by atoms with E-state index in [2.05, 4.69) is 4.98 Å². The average Bonchev–Trinajstić information content (AvgIpc) is 3.35. The normalized spacial score (nSPS) is 24.6. The van der Waals surface area contributed by atoms with Crippen molar-refractivity contribution >= 4 is 28.6 Å². The van der Waals surface area contributed by atoms with E-state index in [0.29, 0.717) is 6.10 Å². The highest BCUT2D eigenvalue weighted by Gasteiger charge is 2.51. The summed E-state index contributed by atoms with van der Waals surface area (Å²) < 4.78 is 6.29. The molecule has 0 radical (unpaired) electrons. The molecule has 1 aromatic heterocycles. The van der Waals surface area contributed by atoms with Crippen LogP contribution in [0.25, 0.3) is 10.9 Å². The monoisotopic (exact) mass is 354 g/mol. The van der Waals surface area contributed by atoms with Crippen molar-refractivity contribution in [2.24, 2.45) is 5.92 Å². The van der Waals surface area contributed by atoms with Gasteiger partial charge in [0.1, 0.15) is 0 Å². The lowest BCUT2D eigenvalue weighted by atomic mass is 9.92. The van der Waals surface area contributed by atoms with E-state index in [9.17, 15) is 4.79 Å². The van der Waals surface area contributed by atoms with Gasteiger partial charge in [0.25, 0.3) is 5.91 Å². The molecule has 2 saturated heterocycles. The SMILES string of the molecule is O=C(c1ccnc2ccccc12)N1CC2(C[C@H](OCC3CC3)CS2)C1. The Morgan fingerprint density at radius 1 is 1.28 bits per heavy atom. The molecule has 1 atom stereocenters. The van der Waals surface area contributed by atoms with Gasteiger partial charge in [0, 0.05) is 37.0 Å². The number of carbonyl (C=O) groups is 1. The van der Waals surface area contributed by atoms with E-state index < -0.39 is 0 Å². The Morgan fingerprint density at radius 3 is 2.96 bits per heavy atom. The van der Waals surface area contributed by atoms with Crippen LogP contribution in [0.15, 0.2) is 36.5 Å². The molecule has 1 spiro atoms. The van der Waals surface area contributed by atoms with Crippen LogP contribution in [0.3, 0.4) is 0 Å². The maximum Gasteiger partial charge on any atom is 0.254 e. The summed E-state index contributed by atoms with van der Waals surface area (Å²) in [6, 6.07) is 9.71. The van der Waals surface area contributed by atoms with Crippen molar-refractivity contribution < 1.29 is 9.53 Å². The van der Waals surface area contributed by atoms with Gasteiger partial charge in [-0.25, -0.2) is 0 Å². The topological polar surface area (TPSA) is 42.4 Å². The molecule has 3 heterocycles. The summed E-state index contributed by atoms with van der Waals surface area (Å²) in [6.45, 7) is 2.62. The summed E-state index contributed by atoms with van der Waals surface area (Å²) in [5.74, 6) is 2.03. The van der Waals surface area contributed by atoms with E-state index in [1.807, 2.05) is 47.0 Å². The molecule has 0 unspecified atom stereocenters. The van der Waals surface area contributed by atoms with Crippen molar-refractivity contribution in [3.63, 3.8) is 0 Å². The van der Waals surface area contributed by atoms with Crippen molar-refractivity contribution in [3.8, 4) is 0 Å². The minimum Gasteiger partial charge on any atom is -0.377 e. The van der Waals surface area contributed by atoms with Gasteiger partial charge in [0.2, 0.25) is 0 Å². The second-order valence-electron chi connectivity index (χ2n) is 7.63. The van der Waals surface area contributed by atoms with Crippen molar-refractivity contribution in [1.82, 2.24) is 9.88 Å². The minimum absolute atomic E-state index is 0.132. The van der Waals surface area contributed by atoms with Crippen molar-refractivity contribution in [1.29, 1.82) is 0 Å². The number of para-hydroxylation sites is 1. The molecule has 1 aliphatic carbocycles. The zero-order valence-electron chi connectivity index (χ0n) is 14.2. The van der Waals surface area contributed by atoms with Gasteiger partial charge in [-0.1, -0.05) is 18.2 Å². The molecular formula is C20H22N2O2S. The van der Waals surface area contributed by atoms with Crippen LogP contribution in [-0.4, -0.2) is 52.1 Å². The maximum absolute atomic E-state index is 12.9. The van der Waals surface area contributed by atoms with Crippen LogP contribution >= 0.6 is 11.8 Å². The minimum atomic E-state index is 0.132. The molecule has 5 rings (SSSR count). The van der Waals surface area contributed by atoms with Crippen LogP contribution in [0, 0.1) is 5.92 Å². The quantitative estimate of drug-likeness (QED) is 0.844. The predicted octanol–water partition coefficient (Wildman–Crippen LogP) is 3.36. The zero-order valence-corrected chi connectivity index (χ0v) is 15.0. The Labute approximate surface area is 151 Å². The number of amides is 1. The van der Waals surface area contributed by atoms with Gasteiger partial charge in [-0.3, -0.25) is 9.78 Å². The number of pyridine rings is 1. The highest BCUT2D eigenvalue weighted by atomic mass is 32.2. The Kier molecular flexibility index (Phi) is 3.75. The predicted molar refractivity (Wildman–Crippen MR) is 99.9 cm³/mol. The number of ether oxygens (including phenoxy) is 1. The first-order chi connectivity index (χ1) is 12.2. The van der Waals surface area contributed by atoms with Crippen LogP contribution in [0.4, 0.5) is 0 Å². The zero-order chi connectivity index (χ0) is 16.9. The van der Waals surface area contributed by atoms with Gasteiger partial charge in [0.15, 0.2) is 0 Å². The number of benzene rings is 1. The van der Waals surface area contributed by atoms with Gasteiger partial charge in [-0.15, -0.1) is 11.8 Å². The Bertz CT molecular complexity index is 809. The number of rotatable bonds is 4. The first-order valence-corrected chi connectivity index (χ1v) is 10.1. The molecular weight excluding hydrogens is 332 g/mol. The number of fused-ring (bicyclic) bond motifs is 1. The summed E-state index contributed by atoms with van der Waals surface area (Å²) in [4.78, 5) is 19.3.